The van der Waals surface area contributed by atoms with Crippen molar-refractivity contribution in [2.75, 3.05) is 13.2 Å². The Morgan fingerprint density at radius 1 is 1.71 bits per heavy atom. The lowest BCUT2D eigenvalue weighted by atomic mass is 10.0. The number of hydrogen-bond donors (Lipinski definition) is 1. The highest BCUT2D eigenvalue weighted by Gasteiger charge is 2.28. The van der Waals surface area contributed by atoms with E-state index in [-0.39, 0.29) is 5.60 Å². The summed E-state index contributed by atoms with van der Waals surface area (Å²) in [5, 5.41) is 5.46. The first kappa shape index (κ1) is 10.1. The summed E-state index contributed by atoms with van der Waals surface area (Å²) in [5.41, 5.74) is 3.04. The van der Waals surface area contributed by atoms with Gasteiger partial charge in [-0.1, -0.05) is 0 Å². The molecule has 0 bridgehead atoms. The van der Waals surface area contributed by atoms with E-state index >= 15 is 0 Å². The minimum Gasteiger partial charge on any atom is -0.374 e. The van der Waals surface area contributed by atoms with Crippen LogP contribution in [0.1, 0.15) is 25.5 Å². The highest BCUT2D eigenvalue weighted by molar-refractivity contribution is 7.07. The zero-order valence-electron chi connectivity index (χ0n) is 8.45. The molecule has 78 valence electrons. The van der Waals surface area contributed by atoms with E-state index in [4.69, 9.17) is 4.74 Å². The van der Waals surface area contributed by atoms with Crippen LogP contribution in [0.25, 0.3) is 0 Å². The molecule has 0 radical (unpaired) electrons. The molecule has 1 aliphatic heterocycles. The molecule has 0 saturated carbocycles. The molecule has 4 heteroatoms. The van der Waals surface area contributed by atoms with Crippen molar-refractivity contribution < 1.29 is 4.74 Å². The average molecular weight is 212 g/mol. The Balaban J connectivity index is 1.72. The molecule has 0 aliphatic carbocycles. The number of ether oxygens (including phenoxy) is 1. The van der Waals surface area contributed by atoms with Crippen molar-refractivity contribution in [1.82, 2.24) is 10.3 Å². The Bertz CT molecular complexity index is 268. The van der Waals surface area contributed by atoms with Crippen LogP contribution in [-0.2, 0) is 11.3 Å². The smallest absolute Gasteiger partial charge is 0.0795 e. The second kappa shape index (κ2) is 4.38. The first-order chi connectivity index (χ1) is 6.79. The van der Waals surface area contributed by atoms with E-state index in [1.165, 1.54) is 6.42 Å². The van der Waals surface area contributed by atoms with Crippen LogP contribution in [0.15, 0.2) is 10.9 Å². The molecule has 1 unspecified atom stereocenters. The van der Waals surface area contributed by atoms with Gasteiger partial charge in [0.05, 0.1) is 16.8 Å². The lowest BCUT2D eigenvalue weighted by Gasteiger charge is -2.23. The topological polar surface area (TPSA) is 34.2 Å². The van der Waals surface area contributed by atoms with Crippen molar-refractivity contribution in [1.29, 1.82) is 0 Å². The van der Waals surface area contributed by atoms with Crippen LogP contribution in [0, 0.1) is 0 Å². The van der Waals surface area contributed by atoms with Gasteiger partial charge in [-0.15, -0.1) is 11.3 Å². The Kier molecular flexibility index (Phi) is 3.15. The van der Waals surface area contributed by atoms with E-state index in [2.05, 4.69) is 22.6 Å². The van der Waals surface area contributed by atoms with E-state index in [1.54, 1.807) is 11.3 Å². The van der Waals surface area contributed by atoms with Gasteiger partial charge in [0.15, 0.2) is 0 Å². The van der Waals surface area contributed by atoms with Crippen LogP contribution < -0.4 is 5.32 Å². The Labute approximate surface area is 88.5 Å². The normalized spacial score (nSPS) is 26.9. The molecule has 0 amide bonds. The van der Waals surface area contributed by atoms with Crippen LogP contribution in [0.4, 0.5) is 0 Å². The van der Waals surface area contributed by atoms with Crippen LogP contribution >= 0.6 is 11.3 Å². The van der Waals surface area contributed by atoms with Gasteiger partial charge in [0.2, 0.25) is 0 Å². The largest absolute Gasteiger partial charge is 0.374 e. The van der Waals surface area contributed by atoms with Gasteiger partial charge in [0.1, 0.15) is 0 Å². The highest BCUT2D eigenvalue weighted by atomic mass is 32.1. The van der Waals surface area contributed by atoms with E-state index in [9.17, 15) is 0 Å². The summed E-state index contributed by atoms with van der Waals surface area (Å²) in [7, 11) is 0. The van der Waals surface area contributed by atoms with Crippen molar-refractivity contribution in [3.05, 3.63) is 16.6 Å². The minimum atomic E-state index is 0.0516. The van der Waals surface area contributed by atoms with Gasteiger partial charge in [0, 0.05) is 25.1 Å². The summed E-state index contributed by atoms with van der Waals surface area (Å²) >= 11 is 1.64. The monoisotopic (exact) mass is 212 g/mol. The summed E-state index contributed by atoms with van der Waals surface area (Å²) in [5.74, 6) is 0. The maximum atomic E-state index is 5.68. The molecule has 1 atom stereocenters. The second-order valence-electron chi connectivity index (χ2n) is 3.99. The fourth-order valence-electron chi connectivity index (χ4n) is 1.76. The number of nitrogens with zero attached hydrogens (tertiary/aromatic N) is 1. The maximum absolute atomic E-state index is 5.68. The van der Waals surface area contributed by atoms with Crippen molar-refractivity contribution in [2.45, 2.75) is 31.9 Å². The van der Waals surface area contributed by atoms with Gasteiger partial charge in [-0.25, -0.2) is 4.98 Å². The van der Waals surface area contributed by atoms with Crippen LogP contribution in [0.3, 0.4) is 0 Å². The molecule has 3 nitrogen and oxygen atoms in total. The lowest BCUT2D eigenvalue weighted by Crippen LogP contribution is -2.36. The maximum Gasteiger partial charge on any atom is 0.0795 e. The van der Waals surface area contributed by atoms with Gasteiger partial charge in [-0.3, -0.25) is 0 Å². The summed E-state index contributed by atoms with van der Waals surface area (Å²) in [6.45, 7) is 4.86. The van der Waals surface area contributed by atoms with Crippen molar-refractivity contribution in [3.8, 4) is 0 Å². The minimum absolute atomic E-state index is 0.0516. The molecule has 0 aromatic carbocycles. The molecule has 1 aromatic rings. The second-order valence-corrected chi connectivity index (χ2v) is 4.70. The molecule has 1 N–H and O–H groups in total. The molecule has 1 aliphatic rings. The van der Waals surface area contributed by atoms with Crippen molar-refractivity contribution in [3.63, 3.8) is 0 Å². The third-order valence-corrected chi connectivity index (χ3v) is 3.22. The number of rotatable bonds is 4. The molecule has 2 rings (SSSR count). The predicted molar refractivity (Wildman–Crippen MR) is 57.4 cm³/mol. The third-order valence-electron chi connectivity index (χ3n) is 2.59. The number of hydrogen-bond acceptors (Lipinski definition) is 4. The number of thiazole rings is 1. The third kappa shape index (κ3) is 2.53. The predicted octanol–water partition coefficient (Wildman–Crippen LogP) is 1.80. The quantitative estimate of drug-likeness (QED) is 0.826. The summed E-state index contributed by atoms with van der Waals surface area (Å²) in [6, 6.07) is 0. The summed E-state index contributed by atoms with van der Waals surface area (Å²) < 4.78 is 5.68. The molecular formula is C10H16N2OS. The van der Waals surface area contributed by atoms with E-state index in [0.717, 1.165) is 31.8 Å². The number of aromatic nitrogens is 1. The average Bonchev–Trinajstić information content (AvgIpc) is 2.77. The van der Waals surface area contributed by atoms with Crippen LogP contribution in [-0.4, -0.2) is 23.7 Å². The van der Waals surface area contributed by atoms with Crippen molar-refractivity contribution in [2.24, 2.45) is 0 Å². The Morgan fingerprint density at radius 2 is 2.64 bits per heavy atom. The summed E-state index contributed by atoms with van der Waals surface area (Å²) in [6.07, 6.45) is 2.35. The van der Waals surface area contributed by atoms with Gasteiger partial charge in [0.25, 0.3) is 0 Å². The number of nitrogens with one attached hydrogen (secondary N) is 1. The first-order valence-corrected chi connectivity index (χ1v) is 5.95. The zero-order valence-corrected chi connectivity index (χ0v) is 9.27. The molecule has 1 saturated heterocycles. The SMILES string of the molecule is CC1(CNCc2cscn2)CCCO1. The standard InChI is InChI=1S/C10H16N2OS/c1-10(3-2-4-13-10)7-11-5-9-6-14-8-12-9/h6,8,11H,2-5,7H2,1H3. The van der Waals surface area contributed by atoms with Gasteiger partial charge in [-0.05, 0) is 19.8 Å². The van der Waals surface area contributed by atoms with E-state index < -0.39 is 0 Å². The Hall–Kier alpha value is -0.450. The van der Waals surface area contributed by atoms with Crippen LogP contribution in [0.2, 0.25) is 0 Å². The van der Waals surface area contributed by atoms with Crippen molar-refractivity contribution >= 4 is 11.3 Å². The molecular weight excluding hydrogens is 196 g/mol. The highest BCUT2D eigenvalue weighted by Crippen LogP contribution is 2.23. The van der Waals surface area contributed by atoms with Crippen LogP contribution in [0.5, 0.6) is 0 Å². The van der Waals surface area contributed by atoms with E-state index in [1.807, 2.05) is 5.51 Å². The molecule has 2 heterocycles. The zero-order chi connectivity index (χ0) is 9.86. The Morgan fingerprint density at radius 3 is 3.29 bits per heavy atom. The van der Waals surface area contributed by atoms with E-state index in [0.29, 0.717) is 0 Å². The fourth-order valence-corrected chi connectivity index (χ4v) is 2.31. The van der Waals surface area contributed by atoms with Gasteiger partial charge < -0.3 is 10.1 Å². The summed E-state index contributed by atoms with van der Waals surface area (Å²) in [4.78, 5) is 4.22. The van der Waals surface area contributed by atoms with Gasteiger partial charge in [-0.2, -0.15) is 0 Å². The first-order valence-electron chi connectivity index (χ1n) is 5.00. The lowest BCUT2D eigenvalue weighted by molar-refractivity contribution is 0.0206. The molecule has 1 aromatic heterocycles. The van der Waals surface area contributed by atoms with Gasteiger partial charge >= 0.3 is 0 Å². The molecule has 1 fully saturated rings. The molecule has 14 heavy (non-hydrogen) atoms. The fraction of sp³-hybridized carbons (Fsp3) is 0.700. The molecule has 0 spiro atoms.